The number of nitrogens with two attached hydrogens (primary N) is 1. The van der Waals surface area contributed by atoms with E-state index in [2.05, 4.69) is 0 Å². The summed E-state index contributed by atoms with van der Waals surface area (Å²) in [7, 11) is 1.86. The molecule has 0 rings (SSSR count). The van der Waals surface area contributed by atoms with Gasteiger partial charge in [-0.2, -0.15) is 0 Å². The Morgan fingerprint density at radius 3 is 2.67 bits per heavy atom. The van der Waals surface area contributed by atoms with E-state index in [1.165, 1.54) is 0 Å². The van der Waals surface area contributed by atoms with Gasteiger partial charge in [-0.1, -0.05) is 6.92 Å². The third-order valence-electron chi connectivity index (χ3n) is 1.36. The zero-order chi connectivity index (χ0) is 7.28. The number of aliphatic hydroxyl groups is 1. The average molecular weight is 134 g/mol. The number of aliphatic hydroxyl groups excluding tert-OH is 1. The average Bonchev–Trinajstić information content (AvgIpc) is 1.87. The van der Waals surface area contributed by atoms with Gasteiger partial charge in [-0.3, -0.25) is 4.90 Å². The van der Waals surface area contributed by atoms with Crippen molar-refractivity contribution >= 4 is 0 Å². The molecule has 3 N–H and O–H groups in total. The van der Waals surface area contributed by atoms with Crippen LogP contribution in [-0.2, 0) is 0 Å². The van der Waals surface area contributed by atoms with Crippen LogP contribution in [0.2, 0.25) is 0 Å². The lowest BCUT2D eigenvalue weighted by Crippen LogP contribution is -2.34. The van der Waals surface area contributed by atoms with Crippen molar-refractivity contribution in [2.24, 2.45) is 5.73 Å². The lowest BCUT2D eigenvalue weighted by Gasteiger charge is -2.20. The quantitative estimate of drug-likeness (QED) is 0.526. The van der Waals surface area contributed by atoms with Gasteiger partial charge < -0.3 is 10.8 Å². The summed E-state index contributed by atoms with van der Waals surface area (Å²) in [5.41, 5.74) is 5.27. The summed E-state index contributed by atoms with van der Waals surface area (Å²) >= 11 is 0. The Labute approximate surface area is 57.9 Å². The first-order valence-corrected chi connectivity index (χ1v) is 3.30. The fourth-order valence-electron chi connectivity index (χ4n) is 0.664. The molecular weight excluding hydrogens is 116 g/mol. The molecule has 1 atom stereocenters. The Balaban J connectivity index is 0. The van der Waals surface area contributed by atoms with Crippen LogP contribution in [-0.4, -0.2) is 36.4 Å². The van der Waals surface area contributed by atoms with Gasteiger partial charge in [0.25, 0.3) is 0 Å². The normalized spacial score (nSPS) is 14.3. The molecule has 0 aliphatic heterocycles. The van der Waals surface area contributed by atoms with Crippen LogP contribution in [0.1, 0.15) is 14.8 Å². The van der Waals surface area contributed by atoms with Crippen molar-refractivity contribution in [3.8, 4) is 0 Å². The molecule has 0 aliphatic rings. The van der Waals surface area contributed by atoms with Crippen LogP contribution < -0.4 is 5.73 Å². The highest BCUT2D eigenvalue weighted by Crippen LogP contribution is 1.94. The number of rotatable bonds is 4. The highest BCUT2D eigenvalue weighted by molar-refractivity contribution is 4.53. The molecule has 0 heterocycles. The van der Waals surface area contributed by atoms with E-state index in [-0.39, 0.29) is 7.65 Å². The minimum absolute atomic E-state index is 0. The fraction of sp³-hybridized carbons (Fsp3) is 1.00. The minimum atomic E-state index is -0.325. The maximum absolute atomic E-state index is 9.13. The summed E-state index contributed by atoms with van der Waals surface area (Å²) in [6.45, 7) is 3.31. The number of hydrogen-bond acceptors (Lipinski definition) is 3. The van der Waals surface area contributed by atoms with Gasteiger partial charge in [0.2, 0.25) is 0 Å². The summed E-state index contributed by atoms with van der Waals surface area (Å²) in [6, 6.07) is 0. The Morgan fingerprint density at radius 1 is 1.78 bits per heavy atom. The van der Waals surface area contributed by atoms with Crippen LogP contribution in [0.3, 0.4) is 0 Å². The van der Waals surface area contributed by atoms with Crippen molar-refractivity contribution in [3.63, 3.8) is 0 Å². The van der Waals surface area contributed by atoms with E-state index < -0.39 is 0 Å². The first-order valence-electron chi connectivity index (χ1n) is 3.30. The molecule has 3 nitrogen and oxygen atoms in total. The molecule has 0 spiro atoms. The molecule has 0 radical (unpaired) electrons. The van der Waals surface area contributed by atoms with Crippen LogP contribution >= 0.6 is 0 Å². The monoisotopic (exact) mass is 134 g/mol. The van der Waals surface area contributed by atoms with Gasteiger partial charge in [-0.25, -0.2) is 0 Å². The smallest absolute Gasteiger partial charge is 0.106 e. The fourth-order valence-corrected chi connectivity index (χ4v) is 0.664. The van der Waals surface area contributed by atoms with Crippen molar-refractivity contribution in [2.45, 2.75) is 19.6 Å². The van der Waals surface area contributed by atoms with E-state index in [1.54, 1.807) is 0 Å². The molecule has 0 fully saturated rings. The molecule has 3 heteroatoms. The second kappa shape index (κ2) is 4.73. The summed E-state index contributed by atoms with van der Waals surface area (Å²) in [6.07, 6.45) is 0.435. The van der Waals surface area contributed by atoms with E-state index in [9.17, 15) is 0 Å². The molecule has 0 saturated carbocycles. The zero-order valence-corrected chi connectivity index (χ0v) is 6.17. The van der Waals surface area contributed by atoms with Crippen LogP contribution in [0.25, 0.3) is 0 Å². The SMILES string of the molecule is CC[C@@H](O)N(C)CCN.[HH]. The highest BCUT2D eigenvalue weighted by atomic mass is 16.3. The maximum Gasteiger partial charge on any atom is 0.106 e. The lowest BCUT2D eigenvalue weighted by atomic mass is 10.4. The largest absolute Gasteiger partial charge is 0.378 e. The second-order valence-electron chi connectivity index (χ2n) is 2.16. The number of nitrogens with zero attached hydrogens (tertiary/aromatic N) is 1. The molecule has 0 aromatic heterocycles. The Kier molecular flexibility index (Phi) is 4.67. The van der Waals surface area contributed by atoms with E-state index in [4.69, 9.17) is 10.8 Å². The molecule has 0 aromatic rings. The number of likely N-dealkylation sites (N-methyl/N-ethyl adjacent to an activating group) is 1. The minimum Gasteiger partial charge on any atom is -0.378 e. The van der Waals surface area contributed by atoms with E-state index in [1.807, 2.05) is 18.9 Å². The zero-order valence-electron chi connectivity index (χ0n) is 6.17. The number of hydrogen-bond donors (Lipinski definition) is 2. The van der Waals surface area contributed by atoms with Crippen molar-refractivity contribution in [3.05, 3.63) is 0 Å². The third-order valence-corrected chi connectivity index (χ3v) is 1.36. The lowest BCUT2D eigenvalue weighted by molar-refractivity contribution is 0.0218. The molecular formula is C6H18N2O. The molecule has 0 bridgehead atoms. The van der Waals surface area contributed by atoms with Crippen LogP contribution in [0.15, 0.2) is 0 Å². The van der Waals surface area contributed by atoms with E-state index in [0.29, 0.717) is 6.54 Å². The molecule has 58 valence electrons. The summed E-state index contributed by atoms with van der Waals surface area (Å²) < 4.78 is 0. The molecule has 0 aromatic carbocycles. The van der Waals surface area contributed by atoms with Gasteiger partial charge in [0.1, 0.15) is 6.23 Å². The van der Waals surface area contributed by atoms with Crippen LogP contribution in [0, 0.1) is 0 Å². The van der Waals surface area contributed by atoms with Crippen molar-refractivity contribution in [2.75, 3.05) is 20.1 Å². The summed E-state index contributed by atoms with van der Waals surface area (Å²) in [4.78, 5) is 1.83. The van der Waals surface area contributed by atoms with Gasteiger partial charge in [0, 0.05) is 14.5 Å². The third kappa shape index (κ3) is 3.46. The highest BCUT2D eigenvalue weighted by Gasteiger charge is 2.05. The van der Waals surface area contributed by atoms with Gasteiger partial charge in [0.15, 0.2) is 0 Å². The topological polar surface area (TPSA) is 49.5 Å². The Hall–Kier alpha value is -0.120. The Morgan fingerprint density at radius 2 is 2.33 bits per heavy atom. The van der Waals surface area contributed by atoms with Gasteiger partial charge in [-0.05, 0) is 13.5 Å². The molecule has 0 unspecified atom stereocenters. The predicted molar refractivity (Wildman–Crippen MR) is 40.1 cm³/mol. The van der Waals surface area contributed by atoms with Crippen LogP contribution in [0.5, 0.6) is 0 Å². The van der Waals surface area contributed by atoms with Gasteiger partial charge >= 0.3 is 0 Å². The van der Waals surface area contributed by atoms with Gasteiger partial charge in [0.05, 0.1) is 0 Å². The molecule has 0 saturated heterocycles. The summed E-state index contributed by atoms with van der Waals surface area (Å²) in [5, 5.41) is 9.13. The van der Waals surface area contributed by atoms with Crippen molar-refractivity contribution in [1.82, 2.24) is 4.90 Å². The Bertz CT molecular complexity index is 72.8. The predicted octanol–water partition coefficient (Wildman–Crippen LogP) is -0.149. The standard InChI is InChI=1S/C6H16N2O.H2/c1-3-6(9)8(2)5-4-7;/h6,9H,3-5,7H2,1-2H3;1H/t6-;/m1./s1. The molecule has 9 heavy (non-hydrogen) atoms. The van der Waals surface area contributed by atoms with Crippen molar-refractivity contribution in [1.29, 1.82) is 0 Å². The maximum atomic E-state index is 9.13. The van der Waals surface area contributed by atoms with E-state index in [0.717, 1.165) is 13.0 Å². The van der Waals surface area contributed by atoms with E-state index >= 15 is 0 Å². The first kappa shape index (κ1) is 8.88. The van der Waals surface area contributed by atoms with Crippen molar-refractivity contribution < 1.29 is 6.53 Å². The van der Waals surface area contributed by atoms with Crippen LogP contribution in [0.4, 0.5) is 0 Å². The van der Waals surface area contributed by atoms with Gasteiger partial charge in [-0.15, -0.1) is 0 Å². The second-order valence-corrected chi connectivity index (χ2v) is 2.16. The first-order chi connectivity index (χ1) is 4.22. The molecule has 0 amide bonds. The molecule has 0 aliphatic carbocycles. The summed E-state index contributed by atoms with van der Waals surface area (Å²) in [5.74, 6) is 0.